The summed E-state index contributed by atoms with van der Waals surface area (Å²) < 4.78 is 26.9. The molecule has 1 aliphatic rings. The number of hydrogen-bond acceptors (Lipinski definition) is 4. The fourth-order valence-electron chi connectivity index (χ4n) is 4.99. The molecule has 4 aromatic rings. The largest absolute Gasteiger partial charge is 0.497 e. The fourth-order valence-corrected chi connectivity index (χ4v) is 5.33. The molecule has 6 nitrogen and oxygen atoms in total. The highest BCUT2D eigenvalue weighted by molar-refractivity contribution is 7.80. The van der Waals surface area contributed by atoms with Gasteiger partial charge in [0.1, 0.15) is 17.3 Å². The summed E-state index contributed by atoms with van der Waals surface area (Å²) in [6.45, 7) is 4.13. The van der Waals surface area contributed by atoms with Gasteiger partial charge in [0, 0.05) is 29.3 Å². The Balaban J connectivity index is 1.69. The number of methoxy groups -OCH3 is 2. The minimum absolute atomic E-state index is 0.201. The van der Waals surface area contributed by atoms with Crippen LogP contribution in [0.4, 0.5) is 10.1 Å². The van der Waals surface area contributed by atoms with Crippen LogP contribution in [0.2, 0.25) is 0 Å². The lowest BCUT2D eigenvalue weighted by molar-refractivity contribution is 0.394. The van der Waals surface area contributed by atoms with Crippen molar-refractivity contribution >= 4 is 23.0 Å². The summed E-state index contributed by atoms with van der Waals surface area (Å²) in [7, 11) is 3.26. The van der Waals surface area contributed by atoms with Gasteiger partial charge in [0.2, 0.25) is 0 Å². The molecule has 1 N–H and O–H groups in total. The van der Waals surface area contributed by atoms with Crippen molar-refractivity contribution in [1.29, 1.82) is 0 Å². The SMILES string of the molecule is COc1ccc(N2C(=S)N[C@H](c3ccccn3)[C@H]2c2cc(C)n(-c3ccc(F)cc3)c2C)c(OC)c1. The number of thiocarbonyl (C=S) groups is 1. The summed E-state index contributed by atoms with van der Waals surface area (Å²) in [4.78, 5) is 6.73. The fraction of sp³-hybridized carbons (Fsp3) is 0.214. The Morgan fingerprint density at radius 2 is 1.75 bits per heavy atom. The summed E-state index contributed by atoms with van der Waals surface area (Å²) in [6, 6.07) is 19.9. The molecular formula is C28H27FN4O2S. The summed E-state index contributed by atoms with van der Waals surface area (Å²) in [6.07, 6.45) is 1.79. The highest BCUT2D eigenvalue weighted by Gasteiger charge is 2.43. The number of hydrogen-bond donors (Lipinski definition) is 1. The van der Waals surface area contributed by atoms with Crippen LogP contribution in [0.15, 0.2) is 72.9 Å². The molecule has 1 fully saturated rings. The predicted molar refractivity (Wildman–Crippen MR) is 143 cm³/mol. The van der Waals surface area contributed by atoms with E-state index in [9.17, 15) is 4.39 Å². The quantitative estimate of drug-likeness (QED) is 0.335. The van der Waals surface area contributed by atoms with E-state index in [0.717, 1.165) is 34.0 Å². The average molecular weight is 503 g/mol. The van der Waals surface area contributed by atoms with Gasteiger partial charge in [-0.2, -0.15) is 0 Å². The van der Waals surface area contributed by atoms with E-state index in [0.29, 0.717) is 16.6 Å². The first kappa shape index (κ1) is 23.8. The molecule has 8 heteroatoms. The predicted octanol–water partition coefficient (Wildman–Crippen LogP) is 5.82. The van der Waals surface area contributed by atoms with Gasteiger partial charge in [0.15, 0.2) is 5.11 Å². The molecule has 0 spiro atoms. The first-order valence-electron chi connectivity index (χ1n) is 11.6. The van der Waals surface area contributed by atoms with Gasteiger partial charge in [-0.3, -0.25) is 4.98 Å². The van der Waals surface area contributed by atoms with Gasteiger partial charge in [0.25, 0.3) is 0 Å². The second-order valence-electron chi connectivity index (χ2n) is 8.67. The number of aryl methyl sites for hydroxylation is 1. The highest BCUT2D eigenvalue weighted by atomic mass is 32.1. The van der Waals surface area contributed by atoms with Crippen LogP contribution in [0.5, 0.6) is 11.5 Å². The molecule has 0 saturated carbocycles. The maximum Gasteiger partial charge on any atom is 0.174 e. The molecule has 0 radical (unpaired) electrons. The maximum atomic E-state index is 13.6. The van der Waals surface area contributed by atoms with Crippen LogP contribution in [0.25, 0.3) is 5.69 Å². The Hall–Kier alpha value is -3.91. The normalized spacial score (nSPS) is 17.2. The van der Waals surface area contributed by atoms with Crippen molar-refractivity contribution in [2.75, 3.05) is 19.1 Å². The zero-order chi connectivity index (χ0) is 25.4. The minimum atomic E-state index is -0.264. The number of pyridine rings is 1. The lowest BCUT2D eigenvalue weighted by Crippen LogP contribution is -2.30. The molecule has 3 heterocycles. The van der Waals surface area contributed by atoms with E-state index in [1.54, 1.807) is 32.5 Å². The van der Waals surface area contributed by atoms with Crippen molar-refractivity contribution in [3.8, 4) is 17.2 Å². The minimum Gasteiger partial charge on any atom is -0.497 e. The third kappa shape index (κ3) is 4.07. The number of benzene rings is 2. The van der Waals surface area contributed by atoms with E-state index in [1.165, 1.54) is 12.1 Å². The van der Waals surface area contributed by atoms with Crippen molar-refractivity contribution < 1.29 is 13.9 Å². The summed E-state index contributed by atoms with van der Waals surface area (Å²) in [5.74, 6) is 1.08. The standard InChI is InChI=1S/C28H27FN4O2S/c1-17-15-22(18(2)32(17)20-10-8-19(29)9-11-20)27-26(23-7-5-6-14-30-23)31-28(36)33(27)24-13-12-21(34-3)16-25(24)35-4/h5-16,26-27H,1-4H3,(H,31,36)/t26-,27-/m1/s1. The number of halogens is 1. The first-order chi connectivity index (χ1) is 17.4. The highest BCUT2D eigenvalue weighted by Crippen LogP contribution is 2.46. The molecule has 0 amide bonds. The molecule has 184 valence electrons. The number of nitrogens with one attached hydrogen (secondary N) is 1. The van der Waals surface area contributed by atoms with Crippen LogP contribution < -0.4 is 19.7 Å². The van der Waals surface area contributed by atoms with Gasteiger partial charge in [-0.05, 0) is 86.2 Å². The van der Waals surface area contributed by atoms with Crippen LogP contribution in [0.3, 0.4) is 0 Å². The van der Waals surface area contributed by atoms with Gasteiger partial charge in [-0.15, -0.1) is 0 Å². The third-order valence-corrected chi connectivity index (χ3v) is 6.93. The second-order valence-corrected chi connectivity index (χ2v) is 9.06. The van der Waals surface area contributed by atoms with Gasteiger partial charge in [0.05, 0.1) is 37.7 Å². The molecule has 0 aliphatic carbocycles. The summed E-state index contributed by atoms with van der Waals surface area (Å²) in [5, 5.41) is 4.07. The van der Waals surface area contributed by atoms with Crippen LogP contribution >= 0.6 is 12.2 Å². The number of rotatable bonds is 6. The van der Waals surface area contributed by atoms with Crippen molar-refractivity contribution in [2.24, 2.45) is 0 Å². The number of ether oxygens (including phenoxy) is 2. The van der Waals surface area contributed by atoms with E-state index < -0.39 is 0 Å². The number of aromatic nitrogens is 2. The van der Waals surface area contributed by atoms with E-state index in [-0.39, 0.29) is 17.9 Å². The van der Waals surface area contributed by atoms with Crippen molar-refractivity contribution in [2.45, 2.75) is 25.9 Å². The molecule has 0 unspecified atom stereocenters. The monoisotopic (exact) mass is 502 g/mol. The van der Waals surface area contributed by atoms with Crippen LogP contribution in [-0.2, 0) is 0 Å². The van der Waals surface area contributed by atoms with E-state index in [4.69, 9.17) is 21.7 Å². The Morgan fingerprint density at radius 1 is 0.972 bits per heavy atom. The van der Waals surface area contributed by atoms with Crippen LogP contribution in [0.1, 0.15) is 34.7 Å². The Labute approximate surface area is 215 Å². The zero-order valence-electron chi connectivity index (χ0n) is 20.5. The molecule has 1 aliphatic heterocycles. The molecule has 36 heavy (non-hydrogen) atoms. The molecule has 2 atom stereocenters. The Morgan fingerprint density at radius 3 is 2.42 bits per heavy atom. The van der Waals surface area contributed by atoms with E-state index in [2.05, 4.69) is 39.7 Å². The second kappa shape index (κ2) is 9.62. The topological polar surface area (TPSA) is 51.5 Å². The van der Waals surface area contributed by atoms with Gasteiger partial charge < -0.3 is 24.3 Å². The van der Waals surface area contributed by atoms with Gasteiger partial charge >= 0.3 is 0 Å². The lowest BCUT2D eigenvalue weighted by atomic mass is 9.96. The molecule has 0 bridgehead atoms. The lowest BCUT2D eigenvalue weighted by Gasteiger charge is -2.29. The average Bonchev–Trinajstić information content (AvgIpc) is 3.39. The van der Waals surface area contributed by atoms with Crippen molar-refractivity contribution in [3.05, 3.63) is 101 Å². The Kier molecular flexibility index (Phi) is 6.36. The number of anilines is 1. The molecule has 2 aromatic carbocycles. The smallest absolute Gasteiger partial charge is 0.174 e. The van der Waals surface area contributed by atoms with Gasteiger partial charge in [-0.1, -0.05) is 6.07 Å². The molecular weight excluding hydrogens is 475 g/mol. The van der Waals surface area contributed by atoms with Crippen molar-refractivity contribution in [1.82, 2.24) is 14.9 Å². The van der Waals surface area contributed by atoms with E-state index in [1.807, 2.05) is 36.4 Å². The first-order valence-corrected chi connectivity index (χ1v) is 12.0. The summed E-state index contributed by atoms with van der Waals surface area (Å²) >= 11 is 5.89. The Bertz CT molecular complexity index is 1410. The zero-order valence-corrected chi connectivity index (χ0v) is 21.3. The van der Waals surface area contributed by atoms with Gasteiger partial charge in [-0.25, -0.2) is 4.39 Å². The van der Waals surface area contributed by atoms with Crippen LogP contribution in [-0.4, -0.2) is 28.9 Å². The third-order valence-electron chi connectivity index (χ3n) is 6.62. The maximum absolute atomic E-state index is 13.6. The molecule has 1 saturated heterocycles. The van der Waals surface area contributed by atoms with E-state index >= 15 is 0 Å². The summed E-state index contributed by atoms with van der Waals surface area (Å²) in [5.41, 5.74) is 5.76. The van der Waals surface area contributed by atoms with Crippen molar-refractivity contribution in [3.63, 3.8) is 0 Å². The van der Waals surface area contributed by atoms with Crippen LogP contribution in [0, 0.1) is 19.7 Å². The molecule has 2 aromatic heterocycles. The number of nitrogens with zero attached hydrogens (tertiary/aromatic N) is 3. The molecule has 5 rings (SSSR count).